The monoisotopic (exact) mass is 286 g/mol. The number of nitrogens with one attached hydrogen (secondary N) is 1. The Morgan fingerprint density at radius 3 is 2.48 bits per heavy atom. The lowest BCUT2D eigenvalue weighted by atomic mass is 9.74. The second-order valence-electron chi connectivity index (χ2n) is 6.10. The molecule has 1 aromatic heterocycles. The molecule has 2 aromatic rings. The van der Waals surface area contributed by atoms with Crippen LogP contribution in [-0.2, 0) is 18.9 Å². The third-order valence-corrected chi connectivity index (χ3v) is 4.08. The van der Waals surface area contributed by atoms with Crippen LogP contribution in [0.15, 0.2) is 36.5 Å². The fourth-order valence-electron chi connectivity index (χ4n) is 2.73. The molecular formula is C17H26N4. The van der Waals surface area contributed by atoms with Crippen LogP contribution in [0.2, 0.25) is 0 Å². The molecule has 2 rings (SSSR count). The van der Waals surface area contributed by atoms with Gasteiger partial charge in [-0.1, -0.05) is 56.3 Å². The molecule has 1 N–H and O–H groups in total. The van der Waals surface area contributed by atoms with Crippen molar-refractivity contribution >= 4 is 0 Å². The number of rotatable bonds is 7. The summed E-state index contributed by atoms with van der Waals surface area (Å²) in [4.78, 5) is 0. The van der Waals surface area contributed by atoms with Crippen molar-refractivity contribution < 1.29 is 0 Å². The SMILES string of the molecule is CCC(CNC(C)C)(Cc1cn(C)nn1)c1ccccc1. The Balaban J connectivity index is 2.31. The molecule has 0 fully saturated rings. The highest BCUT2D eigenvalue weighted by Crippen LogP contribution is 2.31. The molecule has 0 aliphatic heterocycles. The number of aryl methyl sites for hydroxylation is 1. The van der Waals surface area contributed by atoms with E-state index >= 15 is 0 Å². The summed E-state index contributed by atoms with van der Waals surface area (Å²) in [6.07, 6.45) is 3.98. The quantitative estimate of drug-likeness (QED) is 0.851. The number of hydrogen-bond donors (Lipinski definition) is 1. The first-order valence-electron chi connectivity index (χ1n) is 7.70. The lowest BCUT2D eigenvalue weighted by Crippen LogP contribution is -2.42. The Bertz CT molecular complexity index is 547. The van der Waals surface area contributed by atoms with Crippen molar-refractivity contribution in [2.24, 2.45) is 7.05 Å². The summed E-state index contributed by atoms with van der Waals surface area (Å²) >= 11 is 0. The second-order valence-corrected chi connectivity index (χ2v) is 6.10. The zero-order valence-corrected chi connectivity index (χ0v) is 13.5. The Hall–Kier alpha value is -1.68. The predicted octanol–water partition coefficient (Wildman–Crippen LogP) is 2.70. The van der Waals surface area contributed by atoms with Gasteiger partial charge < -0.3 is 5.32 Å². The highest BCUT2D eigenvalue weighted by molar-refractivity contribution is 5.28. The minimum Gasteiger partial charge on any atom is -0.314 e. The van der Waals surface area contributed by atoms with E-state index in [0.29, 0.717) is 6.04 Å². The first kappa shape index (κ1) is 15.7. The molecule has 0 amide bonds. The third-order valence-electron chi connectivity index (χ3n) is 4.08. The van der Waals surface area contributed by atoms with Crippen LogP contribution in [0.25, 0.3) is 0 Å². The number of benzene rings is 1. The lowest BCUT2D eigenvalue weighted by Gasteiger charge is -2.34. The van der Waals surface area contributed by atoms with Crippen LogP contribution in [0.5, 0.6) is 0 Å². The Kier molecular flexibility index (Phi) is 5.12. The summed E-state index contributed by atoms with van der Waals surface area (Å²) in [5.41, 5.74) is 2.47. The van der Waals surface area contributed by atoms with Crippen molar-refractivity contribution in [1.29, 1.82) is 0 Å². The largest absolute Gasteiger partial charge is 0.314 e. The molecule has 4 heteroatoms. The van der Waals surface area contributed by atoms with Crippen LogP contribution < -0.4 is 5.32 Å². The zero-order chi connectivity index (χ0) is 15.3. The molecule has 0 aliphatic rings. The van der Waals surface area contributed by atoms with Gasteiger partial charge in [-0.15, -0.1) is 5.10 Å². The fourth-order valence-corrected chi connectivity index (χ4v) is 2.73. The third kappa shape index (κ3) is 3.91. The standard InChI is InChI=1S/C17H26N4/c1-5-17(13-18-14(2)3,15-9-7-6-8-10-15)11-16-12-21(4)20-19-16/h6-10,12,14,18H,5,11,13H2,1-4H3. The second kappa shape index (κ2) is 6.85. The normalized spacial score (nSPS) is 14.3. The van der Waals surface area contributed by atoms with Gasteiger partial charge in [0, 0.05) is 37.7 Å². The molecule has 0 saturated carbocycles. The number of hydrogen-bond acceptors (Lipinski definition) is 3. The highest BCUT2D eigenvalue weighted by Gasteiger charge is 2.31. The molecule has 0 aliphatic carbocycles. The maximum Gasteiger partial charge on any atom is 0.0836 e. The summed E-state index contributed by atoms with van der Waals surface area (Å²) < 4.78 is 1.77. The molecule has 114 valence electrons. The minimum atomic E-state index is 0.0571. The van der Waals surface area contributed by atoms with Crippen LogP contribution in [0.3, 0.4) is 0 Å². The lowest BCUT2D eigenvalue weighted by molar-refractivity contribution is 0.360. The Labute approximate surface area is 127 Å². The summed E-state index contributed by atoms with van der Waals surface area (Å²) in [5, 5.41) is 12.0. The summed E-state index contributed by atoms with van der Waals surface area (Å²) in [6.45, 7) is 7.58. The smallest absolute Gasteiger partial charge is 0.0836 e. The van der Waals surface area contributed by atoms with Gasteiger partial charge in [0.1, 0.15) is 0 Å². The van der Waals surface area contributed by atoms with Gasteiger partial charge in [-0.3, -0.25) is 4.68 Å². The van der Waals surface area contributed by atoms with Crippen LogP contribution in [0.1, 0.15) is 38.4 Å². The van der Waals surface area contributed by atoms with E-state index in [0.717, 1.165) is 25.1 Å². The zero-order valence-electron chi connectivity index (χ0n) is 13.5. The van der Waals surface area contributed by atoms with Gasteiger partial charge in [0.2, 0.25) is 0 Å². The van der Waals surface area contributed by atoms with Crippen molar-refractivity contribution in [3.05, 3.63) is 47.8 Å². The number of nitrogens with zero attached hydrogens (tertiary/aromatic N) is 3. The van der Waals surface area contributed by atoms with Crippen molar-refractivity contribution in [3.63, 3.8) is 0 Å². The van der Waals surface area contributed by atoms with Gasteiger partial charge in [-0.25, -0.2) is 0 Å². The summed E-state index contributed by atoms with van der Waals surface area (Å²) in [7, 11) is 1.92. The molecule has 0 spiro atoms. The molecule has 0 radical (unpaired) electrons. The van der Waals surface area contributed by atoms with E-state index in [4.69, 9.17) is 0 Å². The summed E-state index contributed by atoms with van der Waals surface area (Å²) in [6, 6.07) is 11.2. The van der Waals surface area contributed by atoms with E-state index in [-0.39, 0.29) is 5.41 Å². The summed E-state index contributed by atoms with van der Waals surface area (Å²) in [5.74, 6) is 0. The van der Waals surface area contributed by atoms with Crippen LogP contribution in [-0.4, -0.2) is 27.6 Å². The average molecular weight is 286 g/mol. The van der Waals surface area contributed by atoms with E-state index in [1.54, 1.807) is 4.68 Å². The minimum absolute atomic E-state index is 0.0571. The van der Waals surface area contributed by atoms with Crippen molar-refractivity contribution in [3.8, 4) is 0 Å². The molecule has 1 unspecified atom stereocenters. The molecular weight excluding hydrogens is 260 g/mol. The maximum absolute atomic E-state index is 4.29. The molecule has 1 atom stereocenters. The fraction of sp³-hybridized carbons (Fsp3) is 0.529. The van der Waals surface area contributed by atoms with E-state index in [9.17, 15) is 0 Å². The van der Waals surface area contributed by atoms with Gasteiger partial charge in [-0.05, 0) is 12.0 Å². The highest BCUT2D eigenvalue weighted by atomic mass is 15.4. The van der Waals surface area contributed by atoms with E-state index < -0.39 is 0 Å². The first-order chi connectivity index (χ1) is 10.1. The van der Waals surface area contributed by atoms with Crippen LogP contribution in [0.4, 0.5) is 0 Å². The van der Waals surface area contributed by atoms with Gasteiger partial charge >= 0.3 is 0 Å². The molecule has 1 aromatic carbocycles. The van der Waals surface area contributed by atoms with Gasteiger partial charge in [-0.2, -0.15) is 0 Å². The van der Waals surface area contributed by atoms with Gasteiger partial charge in [0.15, 0.2) is 0 Å². The van der Waals surface area contributed by atoms with Gasteiger partial charge in [0.25, 0.3) is 0 Å². The molecule has 0 bridgehead atoms. The van der Waals surface area contributed by atoms with E-state index in [1.165, 1.54) is 5.56 Å². The molecule has 1 heterocycles. The predicted molar refractivity (Wildman–Crippen MR) is 86.3 cm³/mol. The topological polar surface area (TPSA) is 42.7 Å². The molecule has 4 nitrogen and oxygen atoms in total. The van der Waals surface area contributed by atoms with Crippen LogP contribution >= 0.6 is 0 Å². The van der Waals surface area contributed by atoms with E-state index in [1.807, 2.05) is 13.2 Å². The van der Waals surface area contributed by atoms with Crippen LogP contribution in [0, 0.1) is 0 Å². The molecule has 21 heavy (non-hydrogen) atoms. The first-order valence-corrected chi connectivity index (χ1v) is 7.70. The van der Waals surface area contributed by atoms with Crippen molar-refractivity contribution in [1.82, 2.24) is 20.3 Å². The maximum atomic E-state index is 4.29. The Morgan fingerprint density at radius 2 is 1.95 bits per heavy atom. The van der Waals surface area contributed by atoms with Gasteiger partial charge in [0.05, 0.1) is 5.69 Å². The van der Waals surface area contributed by atoms with Crippen molar-refractivity contribution in [2.45, 2.75) is 45.1 Å². The Morgan fingerprint density at radius 1 is 1.24 bits per heavy atom. The molecule has 0 saturated heterocycles. The van der Waals surface area contributed by atoms with Crippen molar-refractivity contribution in [2.75, 3.05) is 6.54 Å². The van der Waals surface area contributed by atoms with E-state index in [2.05, 4.69) is 66.7 Å². The number of aromatic nitrogens is 3. The average Bonchev–Trinajstić information content (AvgIpc) is 2.89.